The smallest absolute Gasteiger partial charge is 0.0299 e. The van der Waals surface area contributed by atoms with E-state index < -0.39 is 0 Å². The van der Waals surface area contributed by atoms with Gasteiger partial charge in [-0.3, -0.25) is 4.98 Å². The predicted octanol–water partition coefficient (Wildman–Crippen LogP) is 3.04. The molecule has 2 heteroatoms. The summed E-state index contributed by atoms with van der Waals surface area (Å²) < 4.78 is 0. The van der Waals surface area contributed by atoms with E-state index in [2.05, 4.69) is 37.1 Å². The summed E-state index contributed by atoms with van der Waals surface area (Å²) in [4.78, 5) is 4.14. The van der Waals surface area contributed by atoms with Crippen LogP contribution in [0.5, 0.6) is 0 Å². The van der Waals surface area contributed by atoms with Crippen LogP contribution in [0.4, 0.5) is 0 Å². The van der Waals surface area contributed by atoms with Gasteiger partial charge in [-0.15, -0.1) is 0 Å². The van der Waals surface area contributed by atoms with E-state index in [1.165, 1.54) is 18.4 Å². The number of hydrogen-bond donors (Lipinski definition) is 1. The molecule has 16 heavy (non-hydrogen) atoms. The maximum atomic E-state index is 4.14. The fourth-order valence-electron chi connectivity index (χ4n) is 2.01. The molecule has 0 saturated carbocycles. The summed E-state index contributed by atoms with van der Waals surface area (Å²) in [5, 5.41) is 3.55. The molecule has 90 valence electrons. The number of nitrogens with zero attached hydrogens (tertiary/aromatic N) is 1. The largest absolute Gasteiger partial charge is 0.314 e. The number of pyridine rings is 1. The first-order valence-corrected chi connectivity index (χ1v) is 6.36. The molecule has 1 atom stereocenters. The van der Waals surface area contributed by atoms with Crippen molar-refractivity contribution in [3.05, 3.63) is 30.1 Å². The van der Waals surface area contributed by atoms with Crippen molar-refractivity contribution >= 4 is 0 Å². The number of aryl methyl sites for hydroxylation is 1. The van der Waals surface area contributed by atoms with Crippen LogP contribution in [0.2, 0.25) is 0 Å². The Labute approximate surface area is 99.5 Å². The standard InChI is InChI=1S/C14H24N2/c1-4-16-14(12(2)3)9-5-7-13-8-6-10-15-11-13/h6,8,10-12,14,16H,4-5,7,9H2,1-3H3. The fourth-order valence-corrected chi connectivity index (χ4v) is 2.01. The van der Waals surface area contributed by atoms with E-state index in [1.807, 2.05) is 18.5 Å². The van der Waals surface area contributed by atoms with Crippen molar-refractivity contribution in [3.63, 3.8) is 0 Å². The Bertz CT molecular complexity index is 269. The van der Waals surface area contributed by atoms with Gasteiger partial charge in [0, 0.05) is 18.4 Å². The number of hydrogen-bond acceptors (Lipinski definition) is 2. The average Bonchev–Trinajstić information content (AvgIpc) is 2.29. The highest BCUT2D eigenvalue weighted by atomic mass is 14.9. The van der Waals surface area contributed by atoms with Gasteiger partial charge in [-0.25, -0.2) is 0 Å². The summed E-state index contributed by atoms with van der Waals surface area (Å²) in [6.45, 7) is 7.82. The van der Waals surface area contributed by atoms with Crippen molar-refractivity contribution in [1.82, 2.24) is 10.3 Å². The summed E-state index contributed by atoms with van der Waals surface area (Å²) >= 11 is 0. The van der Waals surface area contributed by atoms with E-state index >= 15 is 0 Å². The molecular weight excluding hydrogens is 196 g/mol. The molecule has 1 aromatic rings. The van der Waals surface area contributed by atoms with Gasteiger partial charge >= 0.3 is 0 Å². The lowest BCUT2D eigenvalue weighted by molar-refractivity contribution is 0.377. The first-order chi connectivity index (χ1) is 7.74. The van der Waals surface area contributed by atoms with E-state index in [4.69, 9.17) is 0 Å². The summed E-state index contributed by atoms with van der Waals surface area (Å²) in [6.07, 6.45) is 7.43. The molecule has 0 radical (unpaired) electrons. The first-order valence-electron chi connectivity index (χ1n) is 6.36. The molecule has 1 N–H and O–H groups in total. The third-order valence-electron chi connectivity index (χ3n) is 2.97. The highest BCUT2D eigenvalue weighted by Gasteiger charge is 2.10. The van der Waals surface area contributed by atoms with Gasteiger partial charge in [0.05, 0.1) is 0 Å². The number of aromatic nitrogens is 1. The van der Waals surface area contributed by atoms with Crippen LogP contribution in [0, 0.1) is 5.92 Å². The van der Waals surface area contributed by atoms with Crippen LogP contribution in [0.3, 0.4) is 0 Å². The maximum Gasteiger partial charge on any atom is 0.0299 e. The second kappa shape index (κ2) is 7.39. The second-order valence-corrected chi connectivity index (χ2v) is 4.66. The monoisotopic (exact) mass is 220 g/mol. The fraction of sp³-hybridized carbons (Fsp3) is 0.643. The Morgan fingerprint density at radius 1 is 1.38 bits per heavy atom. The Morgan fingerprint density at radius 2 is 2.19 bits per heavy atom. The summed E-state index contributed by atoms with van der Waals surface area (Å²) in [5.74, 6) is 0.717. The van der Waals surface area contributed by atoms with E-state index in [0.29, 0.717) is 12.0 Å². The molecule has 0 aliphatic carbocycles. The van der Waals surface area contributed by atoms with Gasteiger partial charge in [-0.1, -0.05) is 26.8 Å². The summed E-state index contributed by atoms with van der Waals surface area (Å²) in [5.41, 5.74) is 1.35. The molecule has 2 nitrogen and oxygen atoms in total. The molecule has 0 aliphatic rings. The quantitative estimate of drug-likeness (QED) is 0.764. The molecule has 0 spiro atoms. The van der Waals surface area contributed by atoms with E-state index in [1.54, 1.807) is 0 Å². The minimum atomic E-state index is 0.654. The zero-order valence-electron chi connectivity index (χ0n) is 10.7. The molecular formula is C14H24N2. The third kappa shape index (κ3) is 4.75. The topological polar surface area (TPSA) is 24.9 Å². The molecule has 1 heterocycles. The highest BCUT2D eigenvalue weighted by molar-refractivity contribution is 5.08. The molecule has 0 aromatic carbocycles. The van der Waals surface area contributed by atoms with Crippen LogP contribution in [0.15, 0.2) is 24.5 Å². The first kappa shape index (κ1) is 13.2. The van der Waals surface area contributed by atoms with Gasteiger partial charge in [0.1, 0.15) is 0 Å². The Balaban J connectivity index is 2.28. The number of rotatable bonds is 7. The van der Waals surface area contributed by atoms with Gasteiger partial charge in [-0.05, 0) is 43.4 Å². The predicted molar refractivity (Wildman–Crippen MR) is 69.5 cm³/mol. The molecule has 1 aromatic heterocycles. The van der Waals surface area contributed by atoms with Crippen molar-refractivity contribution in [2.45, 2.75) is 46.1 Å². The van der Waals surface area contributed by atoms with Crippen LogP contribution in [-0.4, -0.2) is 17.6 Å². The Hall–Kier alpha value is -0.890. The normalized spacial score (nSPS) is 13.0. The number of nitrogens with one attached hydrogen (secondary N) is 1. The second-order valence-electron chi connectivity index (χ2n) is 4.66. The molecule has 0 fully saturated rings. The van der Waals surface area contributed by atoms with Crippen molar-refractivity contribution in [2.24, 2.45) is 5.92 Å². The average molecular weight is 220 g/mol. The lowest BCUT2D eigenvalue weighted by Gasteiger charge is -2.21. The van der Waals surface area contributed by atoms with Crippen molar-refractivity contribution < 1.29 is 0 Å². The van der Waals surface area contributed by atoms with E-state index in [-0.39, 0.29) is 0 Å². The molecule has 0 aliphatic heterocycles. The van der Waals surface area contributed by atoms with Crippen LogP contribution < -0.4 is 5.32 Å². The van der Waals surface area contributed by atoms with Gasteiger partial charge in [-0.2, -0.15) is 0 Å². The molecule has 0 amide bonds. The highest BCUT2D eigenvalue weighted by Crippen LogP contribution is 2.11. The lowest BCUT2D eigenvalue weighted by atomic mass is 9.97. The van der Waals surface area contributed by atoms with Crippen LogP contribution in [0.1, 0.15) is 39.2 Å². The molecule has 0 bridgehead atoms. The Morgan fingerprint density at radius 3 is 2.75 bits per heavy atom. The molecule has 0 saturated heterocycles. The van der Waals surface area contributed by atoms with Gasteiger partial charge in [0.25, 0.3) is 0 Å². The van der Waals surface area contributed by atoms with Gasteiger partial charge < -0.3 is 5.32 Å². The Kier molecular flexibility index (Phi) is 6.09. The van der Waals surface area contributed by atoms with Crippen LogP contribution in [0.25, 0.3) is 0 Å². The summed E-state index contributed by atoms with van der Waals surface area (Å²) in [6, 6.07) is 4.83. The lowest BCUT2D eigenvalue weighted by Crippen LogP contribution is -2.33. The molecule has 1 rings (SSSR count). The van der Waals surface area contributed by atoms with Crippen molar-refractivity contribution in [2.75, 3.05) is 6.54 Å². The SMILES string of the molecule is CCNC(CCCc1cccnc1)C(C)C. The van der Waals surface area contributed by atoms with E-state index in [0.717, 1.165) is 13.0 Å². The van der Waals surface area contributed by atoms with E-state index in [9.17, 15) is 0 Å². The maximum absolute atomic E-state index is 4.14. The van der Waals surface area contributed by atoms with Gasteiger partial charge in [0.15, 0.2) is 0 Å². The minimum Gasteiger partial charge on any atom is -0.314 e. The third-order valence-corrected chi connectivity index (χ3v) is 2.97. The zero-order valence-corrected chi connectivity index (χ0v) is 10.7. The van der Waals surface area contributed by atoms with Gasteiger partial charge in [0.2, 0.25) is 0 Å². The molecule has 1 unspecified atom stereocenters. The van der Waals surface area contributed by atoms with Crippen LogP contribution in [-0.2, 0) is 6.42 Å². The van der Waals surface area contributed by atoms with Crippen molar-refractivity contribution in [1.29, 1.82) is 0 Å². The summed E-state index contributed by atoms with van der Waals surface area (Å²) in [7, 11) is 0. The minimum absolute atomic E-state index is 0.654. The zero-order chi connectivity index (χ0) is 11.8. The van der Waals surface area contributed by atoms with Crippen molar-refractivity contribution in [3.8, 4) is 0 Å². The van der Waals surface area contributed by atoms with Crippen LogP contribution >= 0.6 is 0 Å².